The lowest BCUT2D eigenvalue weighted by Gasteiger charge is -2.20. The summed E-state index contributed by atoms with van der Waals surface area (Å²) in [5.74, 6) is 4.95. The molecule has 106 valence electrons. The fourth-order valence-electron chi connectivity index (χ4n) is 2.05. The summed E-state index contributed by atoms with van der Waals surface area (Å²) in [4.78, 5) is 16.7. The molecular formula is C15H18ClN3O. The summed E-state index contributed by atoms with van der Waals surface area (Å²) in [6.07, 6.45) is 0. The minimum atomic E-state index is -0.329. The zero-order chi connectivity index (χ0) is 15.1. The van der Waals surface area contributed by atoms with Gasteiger partial charge in [-0.25, -0.2) is 5.84 Å². The van der Waals surface area contributed by atoms with Crippen LogP contribution in [0.1, 0.15) is 42.4 Å². The summed E-state index contributed by atoms with van der Waals surface area (Å²) >= 11 is 6.15. The number of hydrazine groups is 1. The number of nitrogen functional groups attached to an aromatic ring is 1. The molecule has 0 spiro atoms. The number of carbonyl (C=O) groups excluding carboxylic acids is 1. The zero-order valence-electron chi connectivity index (χ0n) is 12.0. The molecule has 1 amide bonds. The molecule has 2 rings (SSSR count). The highest BCUT2D eigenvalue weighted by Gasteiger charge is 2.21. The lowest BCUT2D eigenvalue weighted by Crippen LogP contribution is -2.30. The van der Waals surface area contributed by atoms with E-state index in [-0.39, 0.29) is 11.3 Å². The Morgan fingerprint density at radius 2 is 2.00 bits per heavy atom. The minimum Gasteiger partial charge on any atom is -0.290 e. The molecule has 0 saturated carbocycles. The number of amides is 1. The topological polar surface area (TPSA) is 68.0 Å². The van der Waals surface area contributed by atoms with Gasteiger partial charge in [0.2, 0.25) is 0 Å². The van der Waals surface area contributed by atoms with Crippen LogP contribution in [-0.4, -0.2) is 10.9 Å². The van der Waals surface area contributed by atoms with Crippen LogP contribution in [0.5, 0.6) is 0 Å². The van der Waals surface area contributed by atoms with Gasteiger partial charge in [0.1, 0.15) is 0 Å². The van der Waals surface area contributed by atoms with Crippen LogP contribution in [0, 0.1) is 6.92 Å². The van der Waals surface area contributed by atoms with Gasteiger partial charge in [-0.15, -0.1) is 0 Å². The average molecular weight is 292 g/mol. The van der Waals surface area contributed by atoms with Crippen molar-refractivity contribution in [3.05, 3.63) is 40.0 Å². The molecule has 0 aliphatic rings. The van der Waals surface area contributed by atoms with E-state index >= 15 is 0 Å². The van der Waals surface area contributed by atoms with E-state index in [1.165, 1.54) is 0 Å². The number of hydrogen-bond donors (Lipinski definition) is 2. The summed E-state index contributed by atoms with van der Waals surface area (Å²) in [6, 6.07) is 5.36. The van der Waals surface area contributed by atoms with E-state index in [0.717, 1.165) is 22.2 Å². The number of carbonyl (C=O) groups is 1. The Kier molecular flexibility index (Phi) is 3.71. The molecule has 1 aromatic heterocycles. The summed E-state index contributed by atoms with van der Waals surface area (Å²) in [5.41, 5.74) is 4.96. The number of pyridine rings is 1. The second kappa shape index (κ2) is 5.04. The first-order chi connectivity index (χ1) is 9.25. The molecule has 0 bridgehead atoms. The maximum Gasteiger partial charge on any atom is 0.265 e. The second-order valence-corrected chi connectivity index (χ2v) is 6.25. The third-order valence-corrected chi connectivity index (χ3v) is 3.72. The van der Waals surface area contributed by atoms with Gasteiger partial charge in [-0.3, -0.25) is 15.2 Å². The van der Waals surface area contributed by atoms with E-state index < -0.39 is 0 Å². The normalized spacial score (nSPS) is 11.7. The van der Waals surface area contributed by atoms with E-state index in [2.05, 4.69) is 10.4 Å². The highest BCUT2D eigenvalue weighted by Crippen LogP contribution is 2.30. The van der Waals surface area contributed by atoms with Crippen molar-refractivity contribution in [3.8, 4) is 0 Å². The Bertz CT molecular complexity index is 690. The van der Waals surface area contributed by atoms with Crippen molar-refractivity contribution in [2.24, 2.45) is 5.84 Å². The predicted octanol–water partition coefficient (Wildman–Crippen LogP) is 3.10. The number of nitrogens with two attached hydrogens (primary N) is 1. The van der Waals surface area contributed by atoms with Gasteiger partial charge in [-0.05, 0) is 24.6 Å². The van der Waals surface area contributed by atoms with Gasteiger partial charge in [0, 0.05) is 21.5 Å². The maximum atomic E-state index is 12.0. The SMILES string of the molecule is Cc1c(Cl)ccc2c(C(=O)NN)cc(C(C)(C)C)nc12. The molecule has 3 N–H and O–H groups in total. The number of hydrogen-bond acceptors (Lipinski definition) is 3. The number of aryl methyl sites for hydroxylation is 1. The number of benzene rings is 1. The molecule has 0 unspecified atom stereocenters. The van der Waals surface area contributed by atoms with Crippen molar-refractivity contribution < 1.29 is 4.79 Å². The van der Waals surface area contributed by atoms with Crippen LogP contribution >= 0.6 is 11.6 Å². The molecule has 0 saturated heterocycles. The Morgan fingerprint density at radius 3 is 2.55 bits per heavy atom. The molecular weight excluding hydrogens is 274 g/mol. The first-order valence-corrected chi connectivity index (χ1v) is 6.74. The molecule has 0 fully saturated rings. The van der Waals surface area contributed by atoms with Gasteiger partial charge in [-0.2, -0.15) is 0 Å². The van der Waals surface area contributed by atoms with Crippen molar-refractivity contribution in [1.82, 2.24) is 10.4 Å². The van der Waals surface area contributed by atoms with Gasteiger partial charge in [0.15, 0.2) is 0 Å². The Labute approximate surface area is 123 Å². The summed E-state index contributed by atoms with van der Waals surface area (Å²) < 4.78 is 0. The molecule has 20 heavy (non-hydrogen) atoms. The lowest BCUT2D eigenvalue weighted by molar-refractivity contribution is 0.0955. The van der Waals surface area contributed by atoms with Crippen molar-refractivity contribution >= 4 is 28.4 Å². The average Bonchev–Trinajstić information content (AvgIpc) is 2.40. The molecule has 0 atom stereocenters. The van der Waals surface area contributed by atoms with Gasteiger partial charge >= 0.3 is 0 Å². The van der Waals surface area contributed by atoms with Crippen LogP contribution in [0.4, 0.5) is 0 Å². The molecule has 2 aromatic rings. The minimum absolute atomic E-state index is 0.174. The van der Waals surface area contributed by atoms with Crippen LogP contribution in [0.2, 0.25) is 5.02 Å². The van der Waals surface area contributed by atoms with Gasteiger partial charge in [0.05, 0.1) is 11.1 Å². The first kappa shape index (κ1) is 14.8. The van der Waals surface area contributed by atoms with E-state index in [1.807, 2.05) is 27.7 Å². The number of aromatic nitrogens is 1. The summed E-state index contributed by atoms with van der Waals surface area (Å²) in [6.45, 7) is 8.04. The molecule has 1 heterocycles. The Balaban J connectivity index is 2.89. The predicted molar refractivity (Wildman–Crippen MR) is 81.8 cm³/mol. The largest absolute Gasteiger partial charge is 0.290 e. The molecule has 0 aliphatic heterocycles. The van der Waals surface area contributed by atoms with Crippen LogP contribution in [0.25, 0.3) is 10.9 Å². The summed E-state index contributed by atoms with van der Waals surface area (Å²) in [5, 5.41) is 1.39. The van der Waals surface area contributed by atoms with Crippen LogP contribution < -0.4 is 11.3 Å². The van der Waals surface area contributed by atoms with Crippen molar-refractivity contribution in [2.45, 2.75) is 33.1 Å². The monoisotopic (exact) mass is 291 g/mol. The maximum absolute atomic E-state index is 12.0. The van der Waals surface area contributed by atoms with Gasteiger partial charge in [0.25, 0.3) is 5.91 Å². The van der Waals surface area contributed by atoms with Crippen LogP contribution in [0.3, 0.4) is 0 Å². The third-order valence-electron chi connectivity index (χ3n) is 3.31. The molecule has 0 radical (unpaired) electrons. The number of nitrogens with one attached hydrogen (secondary N) is 1. The molecule has 4 nitrogen and oxygen atoms in total. The molecule has 0 aliphatic carbocycles. The van der Waals surface area contributed by atoms with E-state index in [4.69, 9.17) is 17.4 Å². The number of nitrogens with zero attached hydrogens (tertiary/aromatic N) is 1. The van der Waals surface area contributed by atoms with Crippen molar-refractivity contribution in [3.63, 3.8) is 0 Å². The lowest BCUT2D eigenvalue weighted by atomic mass is 9.89. The van der Waals surface area contributed by atoms with Crippen molar-refractivity contribution in [2.75, 3.05) is 0 Å². The van der Waals surface area contributed by atoms with Gasteiger partial charge < -0.3 is 0 Å². The second-order valence-electron chi connectivity index (χ2n) is 5.85. The first-order valence-electron chi connectivity index (χ1n) is 6.37. The fourth-order valence-corrected chi connectivity index (χ4v) is 2.21. The number of halogens is 1. The van der Waals surface area contributed by atoms with Crippen molar-refractivity contribution in [1.29, 1.82) is 0 Å². The fraction of sp³-hybridized carbons (Fsp3) is 0.333. The van der Waals surface area contributed by atoms with E-state index in [1.54, 1.807) is 18.2 Å². The molecule has 1 aromatic carbocycles. The van der Waals surface area contributed by atoms with Gasteiger partial charge in [-0.1, -0.05) is 38.4 Å². The zero-order valence-corrected chi connectivity index (χ0v) is 12.8. The third kappa shape index (κ3) is 2.49. The number of fused-ring (bicyclic) bond motifs is 1. The highest BCUT2D eigenvalue weighted by molar-refractivity contribution is 6.32. The Hall–Kier alpha value is -1.65. The highest BCUT2D eigenvalue weighted by atomic mass is 35.5. The van der Waals surface area contributed by atoms with E-state index in [0.29, 0.717) is 10.6 Å². The Morgan fingerprint density at radius 1 is 1.35 bits per heavy atom. The standard InChI is InChI=1S/C15H18ClN3O/c1-8-11(16)6-5-9-10(14(20)19-17)7-12(15(2,3)4)18-13(8)9/h5-7H,17H2,1-4H3,(H,19,20). The summed E-state index contributed by atoms with van der Waals surface area (Å²) in [7, 11) is 0. The smallest absolute Gasteiger partial charge is 0.265 e. The quantitative estimate of drug-likeness (QED) is 0.482. The number of rotatable bonds is 1. The van der Waals surface area contributed by atoms with Crippen LogP contribution in [-0.2, 0) is 5.41 Å². The van der Waals surface area contributed by atoms with Crippen LogP contribution in [0.15, 0.2) is 18.2 Å². The van der Waals surface area contributed by atoms with E-state index in [9.17, 15) is 4.79 Å². The molecule has 5 heteroatoms.